The van der Waals surface area contributed by atoms with Gasteiger partial charge in [-0.2, -0.15) is 0 Å². The van der Waals surface area contributed by atoms with Gasteiger partial charge in [0.2, 0.25) is 0 Å². The van der Waals surface area contributed by atoms with Crippen LogP contribution >= 0.6 is 11.8 Å². The van der Waals surface area contributed by atoms with Crippen LogP contribution in [0.1, 0.15) is 5.56 Å². The summed E-state index contributed by atoms with van der Waals surface area (Å²) in [6, 6.07) is 5.56. The number of hydrogen-bond donors (Lipinski definition) is 1. The Morgan fingerprint density at radius 2 is 2.23 bits per heavy atom. The summed E-state index contributed by atoms with van der Waals surface area (Å²) in [5.41, 5.74) is 6.04. The van der Waals surface area contributed by atoms with Crippen LogP contribution in [-0.2, 0) is 0 Å². The van der Waals surface area contributed by atoms with Crippen LogP contribution in [0.15, 0.2) is 23.1 Å². The van der Waals surface area contributed by atoms with Crippen molar-refractivity contribution in [3.63, 3.8) is 0 Å². The first kappa shape index (κ1) is 9.92. The quantitative estimate of drug-likeness (QED) is 0.739. The first-order valence-electron chi connectivity index (χ1n) is 3.75. The number of primary amides is 1. The summed E-state index contributed by atoms with van der Waals surface area (Å²) in [5.74, 6) is 0.519. The van der Waals surface area contributed by atoms with Crippen LogP contribution in [0.2, 0.25) is 0 Å². The van der Waals surface area contributed by atoms with Gasteiger partial charge in [0.05, 0.1) is 4.90 Å². The molecule has 1 rings (SSSR count). The molecule has 0 aromatic heterocycles. The standard InChI is InChI=1S/C9H11NO2S/c1-6-3-4-7(12-9(10)11)8(5-6)13-2/h3-5H,1-2H3,(H2,10,11). The predicted octanol–water partition coefficient (Wildman–Crippen LogP) is 2.17. The van der Waals surface area contributed by atoms with Crippen molar-refractivity contribution in [1.29, 1.82) is 0 Å². The number of carbonyl (C=O) groups is 1. The summed E-state index contributed by atoms with van der Waals surface area (Å²) >= 11 is 1.52. The fraction of sp³-hybridized carbons (Fsp3) is 0.222. The van der Waals surface area contributed by atoms with E-state index in [1.54, 1.807) is 6.07 Å². The van der Waals surface area contributed by atoms with Gasteiger partial charge in [-0.05, 0) is 30.9 Å². The average Bonchev–Trinajstić information content (AvgIpc) is 2.07. The van der Waals surface area contributed by atoms with Gasteiger partial charge in [0.1, 0.15) is 5.75 Å². The maximum atomic E-state index is 10.5. The highest BCUT2D eigenvalue weighted by molar-refractivity contribution is 7.98. The van der Waals surface area contributed by atoms with Crippen LogP contribution < -0.4 is 10.5 Å². The number of nitrogens with two attached hydrogens (primary N) is 1. The molecule has 0 spiro atoms. The van der Waals surface area contributed by atoms with E-state index in [1.807, 2.05) is 25.3 Å². The van der Waals surface area contributed by atoms with Crippen LogP contribution in [0.3, 0.4) is 0 Å². The SMILES string of the molecule is CSc1cc(C)ccc1OC(N)=O. The minimum absolute atomic E-state index is 0.519. The zero-order valence-corrected chi connectivity index (χ0v) is 8.35. The molecule has 1 amide bonds. The minimum atomic E-state index is -0.779. The molecule has 0 atom stereocenters. The molecule has 0 unspecified atom stereocenters. The molecule has 0 aliphatic carbocycles. The molecule has 3 nitrogen and oxygen atoms in total. The maximum Gasteiger partial charge on any atom is 0.410 e. The van der Waals surface area contributed by atoms with E-state index >= 15 is 0 Å². The summed E-state index contributed by atoms with van der Waals surface area (Å²) in [7, 11) is 0. The first-order valence-corrected chi connectivity index (χ1v) is 4.98. The van der Waals surface area contributed by atoms with E-state index in [2.05, 4.69) is 0 Å². The fourth-order valence-corrected chi connectivity index (χ4v) is 1.58. The molecule has 0 aliphatic heterocycles. The third-order valence-corrected chi connectivity index (χ3v) is 2.29. The zero-order valence-electron chi connectivity index (χ0n) is 7.53. The molecule has 0 aliphatic rings. The van der Waals surface area contributed by atoms with Gasteiger partial charge in [0.15, 0.2) is 0 Å². The van der Waals surface area contributed by atoms with Crippen LogP contribution in [0.25, 0.3) is 0 Å². The van der Waals surface area contributed by atoms with Crippen LogP contribution in [0.4, 0.5) is 4.79 Å². The lowest BCUT2D eigenvalue weighted by Crippen LogP contribution is -2.16. The molecule has 0 fully saturated rings. The third kappa shape index (κ3) is 2.66. The molecule has 13 heavy (non-hydrogen) atoms. The molecule has 0 bridgehead atoms. The summed E-state index contributed by atoms with van der Waals surface area (Å²) in [4.78, 5) is 11.4. The van der Waals surface area contributed by atoms with Crippen molar-refractivity contribution < 1.29 is 9.53 Å². The number of carbonyl (C=O) groups excluding carboxylic acids is 1. The van der Waals surface area contributed by atoms with Crippen LogP contribution in [0, 0.1) is 6.92 Å². The molecular formula is C9H11NO2S. The Labute approximate surface area is 81.3 Å². The van der Waals surface area contributed by atoms with Gasteiger partial charge < -0.3 is 10.5 Å². The third-order valence-electron chi connectivity index (χ3n) is 1.53. The predicted molar refractivity (Wildman–Crippen MR) is 53.2 cm³/mol. The normalized spacial score (nSPS) is 9.69. The Hall–Kier alpha value is -1.16. The lowest BCUT2D eigenvalue weighted by Gasteiger charge is -2.06. The van der Waals surface area contributed by atoms with E-state index < -0.39 is 6.09 Å². The van der Waals surface area contributed by atoms with Crippen molar-refractivity contribution in [2.24, 2.45) is 5.73 Å². The number of hydrogen-bond acceptors (Lipinski definition) is 3. The van der Waals surface area contributed by atoms with E-state index in [4.69, 9.17) is 10.5 Å². The van der Waals surface area contributed by atoms with Gasteiger partial charge in [0, 0.05) is 0 Å². The summed E-state index contributed by atoms with van der Waals surface area (Å²) in [6.45, 7) is 1.98. The largest absolute Gasteiger partial charge is 0.410 e. The van der Waals surface area contributed by atoms with E-state index in [-0.39, 0.29) is 0 Å². The number of aryl methyl sites for hydroxylation is 1. The Bertz CT molecular complexity index is 325. The smallest absolute Gasteiger partial charge is 0.409 e. The number of rotatable bonds is 2. The zero-order chi connectivity index (χ0) is 9.84. The van der Waals surface area contributed by atoms with Gasteiger partial charge in [-0.15, -0.1) is 11.8 Å². The van der Waals surface area contributed by atoms with Crippen molar-refractivity contribution in [1.82, 2.24) is 0 Å². The van der Waals surface area contributed by atoms with Gasteiger partial charge in [-0.1, -0.05) is 6.07 Å². The molecule has 70 valence electrons. The van der Waals surface area contributed by atoms with Crippen LogP contribution in [0.5, 0.6) is 5.75 Å². The Balaban J connectivity index is 2.99. The van der Waals surface area contributed by atoms with Crippen LogP contribution in [-0.4, -0.2) is 12.3 Å². The molecule has 0 saturated heterocycles. The molecule has 1 aromatic rings. The minimum Gasteiger partial charge on any atom is -0.409 e. The van der Waals surface area contributed by atoms with Gasteiger partial charge in [-0.3, -0.25) is 0 Å². The lowest BCUT2D eigenvalue weighted by atomic mass is 10.2. The summed E-state index contributed by atoms with van der Waals surface area (Å²) < 4.78 is 4.81. The topological polar surface area (TPSA) is 52.3 Å². The Morgan fingerprint density at radius 3 is 2.77 bits per heavy atom. The molecule has 2 N–H and O–H groups in total. The van der Waals surface area contributed by atoms with Crippen molar-refractivity contribution in [2.75, 3.05) is 6.26 Å². The molecule has 4 heteroatoms. The van der Waals surface area contributed by atoms with Gasteiger partial charge >= 0.3 is 6.09 Å². The van der Waals surface area contributed by atoms with Crippen molar-refractivity contribution in [3.05, 3.63) is 23.8 Å². The fourth-order valence-electron chi connectivity index (χ4n) is 0.967. The molecular weight excluding hydrogens is 186 g/mol. The molecule has 0 heterocycles. The van der Waals surface area contributed by atoms with E-state index in [0.29, 0.717) is 5.75 Å². The molecule has 1 aromatic carbocycles. The number of ether oxygens (including phenoxy) is 1. The number of benzene rings is 1. The Morgan fingerprint density at radius 1 is 1.54 bits per heavy atom. The summed E-state index contributed by atoms with van der Waals surface area (Å²) in [6.07, 6.45) is 1.14. The highest BCUT2D eigenvalue weighted by atomic mass is 32.2. The van der Waals surface area contributed by atoms with E-state index in [9.17, 15) is 4.79 Å². The van der Waals surface area contributed by atoms with Crippen molar-refractivity contribution in [3.8, 4) is 5.75 Å². The molecule has 0 saturated carbocycles. The average molecular weight is 197 g/mol. The Kier molecular flexibility index (Phi) is 3.19. The van der Waals surface area contributed by atoms with E-state index in [1.165, 1.54) is 11.8 Å². The van der Waals surface area contributed by atoms with Crippen molar-refractivity contribution in [2.45, 2.75) is 11.8 Å². The highest BCUT2D eigenvalue weighted by Gasteiger charge is 2.05. The van der Waals surface area contributed by atoms with Gasteiger partial charge in [-0.25, -0.2) is 4.79 Å². The second-order valence-electron chi connectivity index (χ2n) is 2.58. The second kappa shape index (κ2) is 4.18. The summed E-state index contributed by atoms with van der Waals surface area (Å²) in [5, 5.41) is 0. The maximum absolute atomic E-state index is 10.5. The first-order chi connectivity index (χ1) is 6.13. The number of thioether (sulfide) groups is 1. The monoisotopic (exact) mass is 197 g/mol. The second-order valence-corrected chi connectivity index (χ2v) is 3.42. The lowest BCUT2D eigenvalue weighted by molar-refractivity contribution is 0.210. The van der Waals surface area contributed by atoms with Gasteiger partial charge in [0.25, 0.3) is 0 Å². The molecule has 0 radical (unpaired) electrons. The van der Waals surface area contributed by atoms with E-state index in [0.717, 1.165) is 10.5 Å². The highest BCUT2D eigenvalue weighted by Crippen LogP contribution is 2.28. The van der Waals surface area contributed by atoms with Crippen molar-refractivity contribution >= 4 is 17.9 Å². The number of amides is 1.